The fourth-order valence-corrected chi connectivity index (χ4v) is 2.40. The Morgan fingerprint density at radius 3 is 2.44 bits per heavy atom. The molecule has 0 atom stereocenters. The predicted octanol–water partition coefficient (Wildman–Crippen LogP) is 3.60. The lowest BCUT2D eigenvalue weighted by Gasteiger charge is -2.11. The van der Waals surface area contributed by atoms with E-state index in [9.17, 15) is 4.79 Å². The van der Waals surface area contributed by atoms with Gasteiger partial charge in [0.1, 0.15) is 10.6 Å². The number of benzene rings is 1. The van der Waals surface area contributed by atoms with Crippen LogP contribution in [0, 0.1) is 27.7 Å². The summed E-state index contributed by atoms with van der Waals surface area (Å²) in [7, 11) is 0. The molecule has 0 amide bonds. The van der Waals surface area contributed by atoms with E-state index in [-0.39, 0.29) is 5.97 Å². The molecule has 4 heteroatoms. The van der Waals surface area contributed by atoms with Gasteiger partial charge in [0.15, 0.2) is 0 Å². The van der Waals surface area contributed by atoms with Crippen LogP contribution < -0.4 is 4.74 Å². The molecule has 1 aromatic heterocycles. The zero-order valence-electron chi connectivity index (χ0n) is 10.9. The Kier molecular flexibility index (Phi) is 3.48. The number of aromatic nitrogens is 1. The van der Waals surface area contributed by atoms with Gasteiger partial charge in [0.25, 0.3) is 0 Å². The van der Waals surface area contributed by atoms with Gasteiger partial charge in [-0.1, -0.05) is 12.1 Å². The highest BCUT2D eigenvalue weighted by Gasteiger charge is 2.17. The normalized spacial score (nSPS) is 10.4. The first kappa shape index (κ1) is 12.8. The van der Waals surface area contributed by atoms with Gasteiger partial charge in [0.2, 0.25) is 0 Å². The first-order valence-electron chi connectivity index (χ1n) is 5.69. The van der Waals surface area contributed by atoms with E-state index in [0.717, 1.165) is 16.7 Å². The lowest BCUT2D eigenvalue weighted by Crippen LogP contribution is -2.10. The highest BCUT2D eigenvalue weighted by atomic mass is 32.1. The number of esters is 1. The van der Waals surface area contributed by atoms with Gasteiger partial charge in [-0.3, -0.25) is 0 Å². The lowest BCUT2D eigenvalue weighted by molar-refractivity contribution is 0.0736. The zero-order chi connectivity index (χ0) is 13.3. The lowest BCUT2D eigenvalue weighted by atomic mass is 10.1. The fourth-order valence-electron chi connectivity index (χ4n) is 1.72. The molecule has 1 heterocycles. The maximum Gasteiger partial charge on any atom is 0.355 e. The standard InChI is InChI=1S/C14H15NO2S/c1-8-5-6-9(2)12(10(8)3)17-14(16)13-11(4)15-7-18-13/h5-7H,1-4H3. The predicted molar refractivity (Wildman–Crippen MR) is 72.5 cm³/mol. The van der Waals surface area contributed by atoms with Crippen molar-refractivity contribution >= 4 is 17.3 Å². The quantitative estimate of drug-likeness (QED) is 0.612. The largest absolute Gasteiger partial charge is 0.422 e. The van der Waals surface area contributed by atoms with E-state index >= 15 is 0 Å². The van der Waals surface area contributed by atoms with E-state index in [0.29, 0.717) is 16.3 Å². The molecule has 0 spiro atoms. The Hall–Kier alpha value is -1.68. The summed E-state index contributed by atoms with van der Waals surface area (Å²) in [4.78, 5) is 16.7. The number of nitrogens with zero attached hydrogens (tertiary/aromatic N) is 1. The average Bonchev–Trinajstić information content (AvgIpc) is 2.76. The van der Waals surface area contributed by atoms with E-state index < -0.39 is 0 Å². The number of hydrogen-bond acceptors (Lipinski definition) is 4. The van der Waals surface area contributed by atoms with Gasteiger partial charge in [-0.05, 0) is 44.4 Å². The number of carbonyl (C=O) groups is 1. The second-order valence-corrected chi connectivity index (χ2v) is 5.16. The van der Waals surface area contributed by atoms with Gasteiger partial charge in [-0.15, -0.1) is 11.3 Å². The third kappa shape index (κ3) is 2.29. The first-order chi connectivity index (χ1) is 8.50. The summed E-state index contributed by atoms with van der Waals surface area (Å²) in [5.41, 5.74) is 5.46. The van der Waals surface area contributed by atoms with Crippen LogP contribution in [-0.4, -0.2) is 11.0 Å². The molecule has 0 bridgehead atoms. The molecule has 0 aliphatic heterocycles. The molecule has 0 fully saturated rings. The van der Waals surface area contributed by atoms with Crippen molar-refractivity contribution in [1.29, 1.82) is 0 Å². The van der Waals surface area contributed by atoms with Crippen LogP contribution in [0.15, 0.2) is 17.6 Å². The third-order valence-electron chi connectivity index (χ3n) is 3.00. The summed E-state index contributed by atoms with van der Waals surface area (Å²) in [6.07, 6.45) is 0. The van der Waals surface area contributed by atoms with E-state index in [1.54, 1.807) is 5.51 Å². The topological polar surface area (TPSA) is 39.2 Å². The Labute approximate surface area is 110 Å². The van der Waals surface area contributed by atoms with Crippen LogP contribution in [-0.2, 0) is 0 Å². The number of carbonyl (C=O) groups excluding carboxylic acids is 1. The minimum Gasteiger partial charge on any atom is -0.422 e. The van der Waals surface area contributed by atoms with Gasteiger partial charge in [0, 0.05) is 0 Å². The summed E-state index contributed by atoms with van der Waals surface area (Å²) >= 11 is 1.31. The molecule has 0 aliphatic rings. The molecule has 0 N–H and O–H groups in total. The summed E-state index contributed by atoms with van der Waals surface area (Å²) in [5.74, 6) is 0.333. The van der Waals surface area contributed by atoms with Crippen LogP contribution in [0.4, 0.5) is 0 Å². The van der Waals surface area contributed by atoms with Crippen LogP contribution in [0.5, 0.6) is 5.75 Å². The summed E-state index contributed by atoms with van der Waals surface area (Å²) in [6.45, 7) is 7.71. The monoisotopic (exact) mass is 261 g/mol. The Morgan fingerprint density at radius 1 is 1.17 bits per heavy atom. The molecule has 0 unspecified atom stereocenters. The van der Waals surface area contributed by atoms with Crippen LogP contribution in [0.3, 0.4) is 0 Å². The number of thiazole rings is 1. The molecule has 2 rings (SSSR count). The minimum atomic E-state index is -0.327. The maximum atomic E-state index is 12.1. The highest BCUT2D eigenvalue weighted by Crippen LogP contribution is 2.27. The maximum absolute atomic E-state index is 12.1. The Morgan fingerprint density at radius 2 is 1.83 bits per heavy atom. The zero-order valence-corrected chi connectivity index (χ0v) is 11.7. The SMILES string of the molecule is Cc1ccc(C)c(OC(=O)c2scnc2C)c1C. The molecule has 1 aromatic carbocycles. The van der Waals surface area contributed by atoms with E-state index in [1.165, 1.54) is 11.3 Å². The van der Waals surface area contributed by atoms with Gasteiger partial charge in [0.05, 0.1) is 11.2 Å². The second kappa shape index (κ2) is 4.90. The number of hydrogen-bond donors (Lipinski definition) is 0. The van der Waals surface area contributed by atoms with Crippen molar-refractivity contribution in [2.45, 2.75) is 27.7 Å². The summed E-state index contributed by atoms with van der Waals surface area (Å²) in [6, 6.07) is 3.99. The summed E-state index contributed by atoms with van der Waals surface area (Å²) in [5, 5.41) is 0. The third-order valence-corrected chi connectivity index (χ3v) is 3.91. The highest BCUT2D eigenvalue weighted by molar-refractivity contribution is 7.11. The smallest absolute Gasteiger partial charge is 0.355 e. The van der Waals surface area contributed by atoms with Crippen molar-refractivity contribution in [3.63, 3.8) is 0 Å². The molecule has 0 aliphatic carbocycles. The van der Waals surface area contributed by atoms with Crippen molar-refractivity contribution in [1.82, 2.24) is 4.98 Å². The molecule has 94 valence electrons. The van der Waals surface area contributed by atoms with Crippen molar-refractivity contribution in [2.24, 2.45) is 0 Å². The van der Waals surface area contributed by atoms with Crippen LogP contribution >= 0.6 is 11.3 Å². The molecule has 0 saturated heterocycles. The van der Waals surface area contributed by atoms with Crippen molar-refractivity contribution < 1.29 is 9.53 Å². The molecular formula is C14H15NO2S. The van der Waals surface area contributed by atoms with Crippen molar-refractivity contribution in [3.05, 3.63) is 44.9 Å². The molecule has 18 heavy (non-hydrogen) atoms. The molecule has 3 nitrogen and oxygen atoms in total. The molecule has 0 saturated carbocycles. The van der Waals surface area contributed by atoms with Crippen LogP contribution in [0.2, 0.25) is 0 Å². The molecule has 2 aromatic rings. The Balaban J connectivity index is 2.33. The molecule has 0 radical (unpaired) electrons. The van der Waals surface area contributed by atoms with Crippen molar-refractivity contribution in [2.75, 3.05) is 0 Å². The van der Waals surface area contributed by atoms with Crippen LogP contribution in [0.25, 0.3) is 0 Å². The minimum absolute atomic E-state index is 0.327. The second-order valence-electron chi connectivity index (χ2n) is 4.31. The van der Waals surface area contributed by atoms with E-state index in [4.69, 9.17) is 4.74 Å². The van der Waals surface area contributed by atoms with Crippen molar-refractivity contribution in [3.8, 4) is 5.75 Å². The van der Waals surface area contributed by atoms with Gasteiger partial charge < -0.3 is 4.74 Å². The molecular weight excluding hydrogens is 246 g/mol. The van der Waals surface area contributed by atoms with E-state index in [2.05, 4.69) is 4.98 Å². The van der Waals surface area contributed by atoms with Gasteiger partial charge in [-0.25, -0.2) is 9.78 Å². The van der Waals surface area contributed by atoms with Gasteiger partial charge >= 0.3 is 5.97 Å². The number of ether oxygens (including phenoxy) is 1. The van der Waals surface area contributed by atoms with E-state index in [1.807, 2.05) is 39.8 Å². The number of aryl methyl sites for hydroxylation is 3. The van der Waals surface area contributed by atoms with Gasteiger partial charge in [-0.2, -0.15) is 0 Å². The summed E-state index contributed by atoms with van der Waals surface area (Å²) < 4.78 is 5.51. The first-order valence-corrected chi connectivity index (χ1v) is 6.57. The Bertz CT molecular complexity index is 602. The van der Waals surface area contributed by atoms with Crippen LogP contribution in [0.1, 0.15) is 32.1 Å². The average molecular weight is 261 g/mol. The fraction of sp³-hybridized carbons (Fsp3) is 0.286. The number of rotatable bonds is 2.